The van der Waals surface area contributed by atoms with Gasteiger partial charge in [0.05, 0.1) is 5.57 Å². The molecule has 0 saturated carbocycles. The van der Waals surface area contributed by atoms with Crippen LogP contribution >= 0.6 is 0 Å². The topological polar surface area (TPSA) is 46.2 Å². The number of rotatable bonds is 6. The van der Waals surface area contributed by atoms with Crippen molar-refractivity contribution in [3.05, 3.63) is 41.6 Å². The van der Waals surface area contributed by atoms with E-state index in [9.17, 15) is 9.59 Å². The molecule has 0 heterocycles. The molecule has 0 spiro atoms. The lowest BCUT2D eigenvalue weighted by molar-refractivity contribution is -0.120. The molecule has 0 bridgehead atoms. The first kappa shape index (κ1) is 14.2. The van der Waals surface area contributed by atoms with Crippen molar-refractivity contribution in [1.82, 2.24) is 0 Å². The minimum Gasteiger partial charge on any atom is -0.361 e. The van der Waals surface area contributed by atoms with E-state index in [0.29, 0.717) is 6.42 Å². The lowest BCUT2D eigenvalue weighted by atomic mass is 10.1. The highest BCUT2D eigenvalue weighted by Crippen LogP contribution is 2.10. The summed E-state index contributed by atoms with van der Waals surface area (Å²) < 4.78 is 0. The van der Waals surface area contributed by atoms with E-state index in [-0.39, 0.29) is 17.1 Å². The van der Waals surface area contributed by atoms with Gasteiger partial charge >= 0.3 is 0 Å². The number of carbonyl (C=O) groups is 2. The molecule has 0 amide bonds. The van der Waals surface area contributed by atoms with E-state index >= 15 is 0 Å². The summed E-state index contributed by atoms with van der Waals surface area (Å²) in [5.74, 6) is -0.308. The molecular weight excluding hydrogens is 226 g/mol. The molecule has 96 valence electrons. The van der Waals surface area contributed by atoms with E-state index in [1.165, 1.54) is 18.7 Å². The Labute approximate surface area is 108 Å². The highest BCUT2D eigenvalue weighted by molar-refractivity contribution is 6.19. The first-order valence-corrected chi connectivity index (χ1v) is 6.12. The molecular formula is C15H19NO2. The van der Waals surface area contributed by atoms with Crippen LogP contribution in [0.4, 0.5) is 5.69 Å². The molecule has 3 nitrogen and oxygen atoms in total. The third-order valence-corrected chi connectivity index (χ3v) is 2.59. The van der Waals surface area contributed by atoms with Crippen LogP contribution in [0.2, 0.25) is 0 Å². The van der Waals surface area contributed by atoms with Gasteiger partial charge in [0.1, 0.15) is 0 Å². The fraction of sp³-hybridized carbons (Fsp3) is 0.333. The average molecular weight is 245 g/mol. The van der Waals surface area contributed by atoms with Gasteiger partial charge in [0.15, 0.2) is 11.6 Å². The summed E-state index contributed by atoms with van der Waals surface area (Å²) >= 11 is 0. The Bertz CT molecular complexity index is 458. The van der Waals surface area contributed by atoms with Crippen LogP contribution in [-0.2, 0) is 9.59 Å². The number of allylic oxidation sites excluding steroid dienone is 1. The smallest absolute Gasteiger partial charge is 0.167 e. The van der Waals surface area contributed by atoms with E-state index < -0.39 is 0 Å². The van der Waals surface area contributed by atoms with E-state index in [4.69, 9.17) is 0 Å². The van der Waals surface area contributed by atoms with Crippen molar-refractivity contribution in [1.29, 1.82) is 0 Å². The molecule has 0 aliphatic heterocycles. The number of aryl methyl sites for hydroxylation is 1. The Hall–Kier alpha value is -1.90. The van der Waals surface area contributed by atoms with Crippen molar-refractivity contribution in [2.45, 2.75) is 33.6 Å². The fourth-order valence-corrected chi connectivity index (χ4v) is 1.55. The molecule has 1 aromatic carbocycles. The Kier molecular flexibility index (Phi) is 5.31. The predicted molar refractivity (Wildman–Crippen MR) is 73.5 cm³/mol. The van der Waals surface area contributed by atoms with Gasteiger partial charge < -0.3 is 5.32 Å². The summed E-state index contributed by atoms with van der Waals surface area (Å²) in [5, 5.41) is 2.99. The lowest BCUT2D eigenvalue weighted by Gasteiger charge is -2.05. The molecule has 0 atom stereocenters. The van der Waals surface area contributed by atoms with Gasteiger partial charge in [-0.2, -0.15) is 0 Å². The zero-order chi connectivity index (χ0) is 13.5. The standard InChI is InChI=1S/C15H19NO2/c1-4-5-15(18)14(12(3)17)10-16-13-8-6-11(2)7-9-13/h6-10,16H,4-5H2,1-3H3/b14-10-. The number of benzene rings is 1. The van der Waals surface area contributed by atoms with Crippen molar-refractivity contribution in [3.8, 4) is 0 Å². The summed E-state index contributed by atoms with van der Waals surface area (Å²) in [6.45, 7) is 5.34. The Morgan fingerprint density at radius 1 is 1.22 bits per heavy atom. The first-order valence-electron chi connectivity index (χ1n) is 6.12. The van der Waals surface area contributed by atoms with Gasteiger partial charge in [-0.05, 0) is 32.4 Å². The largest absolute Gasteiger partial charge is 0.361 e. The van der Waals surface area contributed by atoms with Gasteiger partial charge in [-0.1, -0.05) is 24.6 Å². The van der Waals surface area contributed by atoms with E-state index in [1.54, 1.807) is 0 Å². The van der Waals surface area contributed by atoms with Crippen LogP contribution in [0.1, 0.15) is 32.3 Å². The maximum atomic E-state index is 11.7. The van der Waals surface area contributed by atoms with Crippen molar-refractivity contribution in [3.63, 3.8) is 0 Å². The number of hydrogen-bond donors (Lipinski definition) is 1. The lowest BCUT2D eigenvalue weighted by Crippen LogP contribution is -2.11. The summed E-state index contributed by atoms with van der Waals surface area (Å²) in [7, 11) is 0. The number of ketones is 2. The summed E-state index contributed by atoms with van der Waals surface area (Å²) in [6, 6.07) is 7.76. The first-order chi connectivity index (χ1) is 8.54. The van der Waals surface area contributed by atoms with Crippen LogP contribution in [0.25, 0.3) is 0 Å². The molecule has 1 N–H and O–H groups in total. The number of Topliss-reactive ketones (excluding diaryl/α,β-unsaturated/α-hetero) is 2. The molecule has 0 fully saturated rings. The van der Waals surface area contributed by atoms with Crippen LogP contribution in [0, 0.1) is 6.92 Å². The molecule has 18 heavy (non-hydrogen) atoms. The van der Waals surface area contributed by atoms with Gasteiger partial charge in [-0.15, -0.1) is 0 Å². The Morgan fingerprint density at radius 2 is 1.83 bits per heavy atom. The van der Waals surface area contributed by atoms with E-state index in [1.807, 2.05) is 38.1 Å². The van der Waals surface area contributed by atoms with Crippen LogP contribution in [0.3, 0.4) is 0 Å². The molecule has 0 aliphatic rings. The number of carbonyl (C=O) groups excluding carboxylic acids is 2. The minimum atomic E-state index is -0.201. The monoisotopic (exact) mass is 245 g/mol. The molecule has 0 unspecified atom stereocenters. The average Bonchev–Trinajstić information content (AvgIpc) is 2.31. The van der Waals surface area contributed by atoms with Crippen LogP contribution in [-0.4, -0.2) is 11.6 Å². The Balaban J connectivity index is 2.80. The quantitative estimate of drug-likeness (QED) is 0.475. The van der Waals surface area contributed by atoms with Gasteiger partial charge in [-0.3, -0.25) is 9.59 Å². The van der Waals surface area contributed by atoms with E-state index in [0.717, 1.165) is 12.1 Å². The Morgan fingerprint density at radius 3 is 2.33 bits per heavy atom. The highest BCUT2D eigenvalue weighted by Gasteiger charge is 2.12. The van der Waals surface area contributed by atoms with Crippen LogP contribution in [0.15, 0.2) is 36.0 Å². The van der Waals surface area contributed by atoms with Crippen LogP contribution in [0.5, 0.6) is 0 Å². The van der Waals surface area contributed by atoms with Crippen molar-refractivity contribution >= 4 is 17.3 Å². The third kappa shape index (κ3) is 4.17. The molecule has 0 aromatic heterocycles. The van der Waals surface area contributed by atoms with Crippen molar-refractivity contribution < 1.29 is 9.59 Å². The highest BCUT2D eigenvalue weighted by atomic mass is 16.1. The predicted octanol–water partition coefficient (Wildman–Crippen LogP) is 3.25. The SMILES string of the molecule is CCCC(=O)/C(=C\Nc1ccc(C)cc1)C(C)=O. The van der Waals surface area contributed by atoms with E-state index in [2.05, 4.69) is 5.32 Å². The molecule has 0 radical (unpaired) electrons. The van der Waals surface area contributed by atoms with Gasteiger partial charge in [0.2, 0.25) is 0 Å². The molecule has 0 aliphatic carbocycles. The maximum absolute atomic E-state index is 11.7. The number of nitrogens with one attached hydrogen (secondary N) is 1. The molecule has 3 heteroatoms. The zero-order valence-corrected chi connectivity index (χ0v) is 11.1. The number of hydrogen-bond acceptors (Lipinski definition) is 3. The summed E-state index contributed by atoms with van der Waals surface area (Å²) in [4.78, 5) is 23.1. The third-order valence-electron chi connectivity index (χ3n) is 2.59. The normalized spacial score (nSPS) is 11.2. The van der Waals surface area contributed by atoms with Gasteiger partial charge in [0, 0.05) is 18.3 Å². The minimum absolute atomic E-state index is 0.107. The van der Waals surface area contributed by atoms with Gasteiger partial charge in [-0.25, -0.2) is 0 Å². The molecule has 1 aromatic rings. The zero-order valence-electron chi connectivity index (χ0n) is 11.1. The van der Waals surface area contributed by atoms with Crippen LogP contribution < -0.4 is 5.32 Å². The fourth-order valence-electron chi connectivity index (χ4n) is 1.55. The maximum Gasteiger partial charge on any atom is 0.167 e. The summed E-state index contributed by atoms with van der Waals surface area (Å²) in [5.41, 5.74) is 2.26. The van der Waals surface area contributed by atoms with Crippen molar-refractivity contribution in [2.75, 3.05) is 5.32 Å². The second-order valence-corrected chi connectivity index (χ2v) is 4.30. The summed E-state index contributed by atoms with van der Waals surface area (Å²) in [6.07, 6.45) is 2.65. The second kappa shape index (κ2) is 6.74. The van der Waals surface area contributed by atoms with Gasteiger partial charge in [0.25, 0.3) is 0 Å². The molecule has 0 saturated heterocycles. The number of anilines is 1. The second-order valence-electron chi connectivity index (χ2n) is 4.30. The van der Waals surface area contributed by atoms with Crippen molar-refractivity contribution in [2.24, 2.45) is 0 Å². The molecule has 1 rings (SSSR count).